The van der Waals surface area contributed by atoms with Crippen molar-refractivity contribution in [3.63, 3.8) is 0 Å². The fourth-order valence-electron chi connectivity index (χ4n) is 1.77. The van der Waals surface area contributed by atoms with E-state index in [0.29, 0.717) is 17.8 Å². The molecule has 1 amide bonds. The van der Waals surface area contributed by atoms with Gasteiger partial charge in [-0.05, 0) is 38.2 Å². The van der Waals surface area contributed by atoms with E-state index in [9.17, 15) is 9.18 Å². The summed E-state index contributed by atoms with van der Waals surface area (Å²) < 4.78 is 13.7. The van der Waals surface area contributed by atoms with Crippen molar-refractivity contribution in [3.8, 4) is 0 Å². The average Bonchev–Trinajstić information content (AvgIpc) is 3.13. The molecule has 0 bridgehead atoms. The predicted octanol–water partition coefficient (Wildman–Crippen LogP) is 2.34. The Balaban J connectivity index is 2.05. The number of rotatable bonds is 4. The van der Waals surface area contributed by atoms with E-state index in [4.69, 9.17) is 5.73 Å². The monoisotopic (exact) mass is 268 g/mol. The molecule has 1 aliphatic rings. The lowest BCUT2D eigenvalue weighted by Gasteiger charge is -2.13. The molecule has 0 spiro atoms. The van der Waals surface area contributed by atoms with E-state index >= 15 is 0 Å². The van der Waals surface area contributed by atoms with Gasteiger partial charge in [-0.1, -0.05) is 0 Å². The first-order chi connectivity index (χ1) is 8.47. The SMILES string of the molecule is CSC1(CNC(=O)c2cc(N)c(C)c(F)c2)CC1. The number of nitrogens with two attached hydrogens (primary N) is 1. The maximum atomic E-state index is 13.5. The van der Waals surface area contributed by atoms with Gasteiger partial charge in [0.2, 0.25) is 0 Å². The number of anilines is 1. The molecular formula is C13H17FN2OS. The molecule has 1 fully saturated rings. The molecule has 0 saturated heterocycles. The normalized spacial score (nSPS) is 16.4. The summed E-state index contributed by atoms with van der Waals surface area (Å²) in [5.41, 5.74) is 6.64. The summed E-state index contributed by atoms with van der Waals surface area (Å²) in [7, 11) is 0. The lowest BCUT2D eigenvalue weighted by molar-refractivity contribution is 0.0952. The Bertz CT molecular complexity index is 463. The van der Waals surface area contributed by atoms with E-state index in [2.05, 4.69) is 5.32 Å². The first-order valence-electron chi connectivity index (χ1n) is 5.86. The van der Waals surface area contributed by atoms with Crippen molar-refractivity contribution in [2.75, 3.05) is 18.5 Å². The third kappa shape index (κ3) is 2.61. The highest BCUT2D eigenvalue weighted by molar-refractivity contribution is 8.00. The molecule has 0 unspecified atom stereocenters. The number of hydrogen-bond donors (Lipinski definition) is 2. The lowest BCUT2D eigenvalue weighted by Crippen LogP contribution is -2.31. The van der Waals surface area contributed by atoms with Crippen LogP contribution in [0.2, 0.25) is 0 Å². The fraction of sp³-hybridized carbons (Fsp3) is 0.462. The van der Waals surface area contributed by atoms with Gasteiger partial charge in [-0.25, -0.2) is 4.39 Å². The van der Waals surface area contributed by atoms with Crippen LogP contribution in [0.3, 0.4) is 0 Å². The zero-order valence-corrected chi connectivity index (χ0v) is 11.4. The molecule has 18 heavy (non-hydrogen) atoms. The molecule has 98 valence electrons. The van der Waals surface area contributed by atoms with Crippen molar-refractivity contribution in [3.05, 3.63) is 29.1 Å². The van der Waals surface area contributed by atoms with E-state index < -0.39 is 5.82 Å². The molecule has 5 heteroatoms. The minimum atomic E-state index is -0.439. The molecule has 0 heterocycles. The van der Waals surface area contributed by atoms with E-state index in [1.54, 1.807) is 18.7 Å². The maximum absolute atomic E-state index is 13.5. The number of carbonyl (C=O) groups is 1. The molecule has 2 rings (SSSR count). The van der Waals surface area contributed by atoms with Crippen LogP contribution in [-0.4, -0.2) is 23.5 Å². The summed E-state index contributed by atoms with van der Waals surface area (Å²) in [6.45, 7) is 2.22. The van der Waals surface area contributed by atoms with E-state index in [-0.39, 0.29) is 16.2 Å². The molecule has 1 saturated carbocycles. The number of amides is 1. The van der Waals surface area contributed by atoms with Crippen LogP contribution in [0.4, 0.5) is 10.1 Å². The Morgan fingerprint density at radius 1 is 1.56 bits per heavy atom. The van der Waals surface area contributed by atoms with Gasteiger partial charge in [0.25, 0.3) is 5.91 Å². The fourth-order valence-corrected chi connectivity index (χ4v) is 2.49. The summed E-state index contributed by atoms with van der Waals surface area (Å²) >= 11 is 1.77. The molecule has 1 aromatic carbocycles. The van der Waals surface area contributed by atoms with Crippen LogP contribution in [0.25, 0.3) is 0 Å². The minimum Gasteiger partial charge on any atom is -0.398 e. The quantitative estimate of drug-likeness (QED) is 0.824. The van der Waals surface area contributed by atoms with Crippen molar-refractivity contribution in [1.29, 1.82) is 0 Å². The Morgan fingerprint density at radius 2 is 2.22 bits per heavy atom. The second kappa shape index (κ2) is 4.80. The largest absolute Gasteiger partial charge is 0.398 e. The summed E-state index contributed by atoms with van der Waals surface area (Å²) in [5.74, 6) is -0.702. The van der Waals surface area contributed by atoms with Gasteiger partial charge in [-0.2, -0.15) is 11.8 Å². The summed E-state index contributed by atoms with van der Waals surface area (Å²) in [6.07, 6.45) is 4.29. The highest BCUT2D eigenvalue weighted by Crippen LogP contribution is 2.46. The molecule has 1 aromatic rings. The van der Waals surface area contributed by atoms with Crippen molar-refractivity contribution >= 4 is 23.4 Å². The third-order valence-corrected chi connectivity index (χ3v) is 4.88. The topological polar surface area (TPSA) is 55.1 Å². The zero-order valence-electron chi connectivity index (χ0n) is 10.5. The Kier molecular flexibility index (Phi) is 3.52. The molecule has 3 nitrogen and oxygen atoms in total. The van der Waals surface area contributed by atoms with Gasteiger partial charge in [-0.3, -0.25) is 4.79 Å². The van der Waals surface area contributed by atoms with Gasteiger partial charge in [0, 0.05) is 28.1 Å². The molecule has 1 aliphatic carbocycles. The van der Waals surface area contributed by atoms with Gasteiger partial charge in [0.15, 0.2) is 0 Å². The second-order valence-electron chi connectivity index (χ2n) is 4.74. The average molecular weight is 268 g/mol. The second-order valence-corrected chi connectivity index (χ2v) is 6.02. The summed E-state index contributed by atoms with van der Waals surface area (Å²) in [4.78, 5) is 11.9. The molecule has 0 aliphatic heterocycles. The zero-order chi connectivity index (χ0) is 13.3. The van der Waals surface area contributed by atoms with Crippen LogP contribution in [0, 0.1) is 12.7 Å². The molecule has 0 aromatic heterocycles. The highest BCUT2D eigenvalue weighted by Gasteiger charge is 2.41. The van der Waals surface area contributed by atoms with Crippen LogP contribution in [0.1, 0.15) is 28.8 Å². The smallest absolute Gasteiger partial charge is 0.251 e. The number of halogens is 1. The third-order valence-electron chi connectivity index (χ3n) is 3.46. The van der Waals surface area contributed by atoms with Gasteiger partial charge >= 0.3 is 0 Å². The number of carbonyl (C=O) groups excluding carboxylic acids is 1. The van der Waals surface area contributed by atoms with Crippen LogP contribution >= 0.6 is 11.8 Å². The van der Waals surface area contributed by atoms with Gasteiger partial charge in [0.05, 0.1) is 0 Å². The van der Waals surface area contributed by atoms with E-state index in [1.807, 2.05) is 6.26 Å². The van der Waals surface area contributed by atoms with Crippen molar-refractivity contribution in [2.45, 2.75) is 24.5 Å². The highest BCUT2D eigenvalue weighted by atomic mass is 32.2. The Morgan fingerprint density at radius 3 is 2.72 bits per heavy atom. The number of benzene rings is 1. The predicted molar refractivity (Wildman–Crippen MR) is 73.4 cm³/mol. The lowest BCUT2D eigenvalue weighted by atomic mass is 10.1. The van der Waals surface area contributed by atoms with Crippen molar-refractivity contribution in [2.24, 2.45) is 0 Å². The van der Waals surface area contributed by atoms with Gasteiger partial charge in [-0.15, -0.1) is 0 Å². The number of hydrogen-bond acceptors (Lipinski definition) is 3. The van der Waals surface area contributed by atoms with Gasteiger partial charge in [0.1, 0.15) is 5.82 Å². The van der Waals surface area contributed by atoms with Crippen LogP contribution in [0.5, 0.6) is 0 Å². The van der Waals surface area contributed by atoms with Crippen molar-refractivity contribution < 1.29 is 9.18 Å². The van der Waals surface area contributed by atoms with Crippen LogP contribution in [0.15, 0.2) is 12.1 Å². The Hall–Kier alpha value is -1.23. The maximum Gasteiger partial charge on any atom is 0.251 e. The summed E-state index contributed by atoms with van der Waals surface area (Å²) in [6, 6.07) is 2.76. The van der Waals surface area contributed by atoms with Gasteiger partial charge < -0.3 is 11.1 Å². The standard InChI is InChI=1S/C13H17FN2OS/c1-8-10(14)5-9(6-11(8)15)12(17)16-7-13(18-2)3-4-13/h5-6H,3-4,7,15H2,1-2H3,(H,16,17). The van der Waals surface area contributed by atoms with Crippen LogP contribution < -0.4 is 11.1 Å². The molecule has 0 radical (unpaired) electrons. The van der Waals surface area contributed by atoms with E-state index in [1.165, 1.54) is 12.1 Å². The Labute approximate surface area is 110 Å². The molecular weight excluding hydrogens is 251 g/mol. The number of thioether (sulfide) groups is 1. The van der Waals surface area contributed by atoms with Crippen molar-refractivity contribution in [1.82, 2.24) is 5.32 Å². The summed E-state index contributed by atoms with van der Waals surface area (Å²) in [5, 5.41) is 2.84. The first kappa shape index (κ1) is 13.2. The number of nitrogen functional groups attached to an aromatic ring is 1. The van der Waals surface area contributed by atoms with E-state index in [0.717, 1.165) is 12.8 Å². The molecule has 0 atom stereocenters. The molecule has 3 N–H and O–H groups in total. The minimum absolute atomic E-state index is 0.199. The first-order valence-corrected chi connectivity index (χ1v) is 7.09. The number of nitrogens with one attached hydrogen (secondary N) is 1. The van der Waals surface area contributed by atoms with Crippen LogP contribution in [-0.2, 0) is 0 Å².